The van der Waals surface area contributed by atoms with E-state index >= 15 is 0 Å². The van der Waals surface area contributed by atoms with Crippen LogP contribution in [0.3, 0.4) is 0 Å². The van der Waals surface area contributed by atoms with Crippen molar-refractivity contribution in [2.75, 3.05) is 20.6 Å². The number of hydrogen-bond acceptors (Lipinski definition) is 6. The van der Waals surface area contributed by atoms with Gasteiger partial charge in [0.25, 0.3) is 0 Å². The number of carbonyl (C=O) groups is 3. The van der Waals surface area contributed by atoms with E-state index in [4.69, 9.17) is 10.5 Å². The number of likely N-dealkylation sites (N-methyl/N-ethyl adjacent to an activating group) is 1. The Kier molecular flexibility index (Phi) is 22.0. The highest BCUT2D eigenvalue weighted by molar-refractivity contribution is 5.78. The van der Waals surface area contributed by atoms with Crippen LogP contribution >= 0.6 is 0 Å². The molecule has 0 saturated heterocycles. The molecular weight excluding hydrogens is 476 g/mol. The van der Waals surface area contributed by atoms with Crippen molar-refractivity contribution >= 4 is 19.0 Å². The summed E-state index contributed by atoms with van der Waals surface area (Å²) in [6, 6.07) is 6.59. The molecule has 0 radical (unpaired) electrons. The fourth-order valence-corrected chi connectivity index (χ4v) is 4.37. The number of aldehydes is 2. The Balaban J connectivity index is 0.00000208. The highest BCUT2D eigenvalue weighted by Gasteiger charge is 2.18. The standard InChI is InChI=1S/C27H41N3O2.C2H5NO.C2H6/c1-3-10-26(21-32)30(2)19-27-22(12-9-13-23(27)20-31)11-7-5-4-6-8-18-29-25-16-14-24(28)15-17-25;1-3-2-4;1-2/h9,12-13,20-21,24-26,29H,3-6,8,10,14-19,28H2,1-2H3;2H,1H3,(H,3,4);1-2H3. The lowest BCUT2D eigenvalue weighted by atomic mass is 9.92. The first-order valence-electron chi connectivity index (χ1n) is 14.3. The lowest BCUT2D eigenvalue weighted by Crippen LogP contribution is -2.37. The van der Waals surface area contributed by atoms with Gasteiger partial charge >= 0.3 is 0 Å². The Labute approximate surface area is 231 Å². The molecule has 1 aliphatic carbocycles. The van der Waals surface area contributed by atoms with Crippen LogP contribution in [-0.4, -0.2) is 62.6 Å². The molecule has 38 heavy (non-hydrogen) atoms. The molecule has 2 rings (SSSR count). The number of hydrogen-bond donors (Lipinski definition) is 3. The van der Waals surface area contributed by atoms with Gasteiger partial charge in [-0.25, -0.2) is 0 Å². The molecule has 0 bridgehead atoms. The fourth-order valence-electron chi connectivity index (χ4n) is 4.37. The maximum Gasteiger partial charge on any atom is 0.206 e. The summed E-state index contributed by atoms with van der Waals surface area (Å²) < 4.78 is 0. The van der Waals surface area contributed by atoms with Crippen LogP contribution in [0.4, 0.5) is 0 Å². The van der Waals surface area contributed by atoms with Crippen LogP contribution in [-0.2, 0) is 16.1 Å². The third-order valence-electron chi connectivity index (χ3n) is 6.58. The fraction of sp³-hybridized carbons (Fsp3) is 0.645. The van der Waals surface area contributed by atoms with E-state index in [0.717, 1.165) is 75.2 Å². The van der Waals surface area contributed by atoms with E-state index in [1.54, 1.807) is 7.05 Å². The minimum Gasteiger partial charge on any atom is -0.362 e. The molecule has 1 aromatic rings. The third kappa shape index (κ3) is 15.0. The van der Waals surface area contributed by atoms with Crippen molar-refractivity contribution in [3.8, 4) is 11.8 Å². The number of carbonyl (C=O) groups excluding carboxylic acids is 3. The first-order valence-corrected chi connectivity index (χ1v) is 14.3. The first kappa shape index (κ1) is 35.5. The number of rotatable bonds is 14. The molecule has 1 saturated carbocycles. The van der Waals surface area contributed by atoms with Crippen molar-refractivity contribution in [1.82, 2.24) is 15.5 Å². The predicted molar refractivity (Wildman–Crippen MR) is 158 cm³/mol. The van der Waals surface area contributed by atoms with Crippen molar-refractivity contribution in [1.29, 1.82) is 0 Å². The number of nitrogens with two attached hydrogens (primary N) is 1. The van der Waals surface area contributed by atoms with Crippen LogP contribution in [0.15, 0.2) is 18.2 Å². The Hall–Kier alpha value is -2.53. The average Bonchev–Trinajstić information content (AvgIpc) is 2.95. The average molecular weight is 529 g/mol. The second-order valence-corrected chi connectivity index (χ2v) is 9.48. The predicted octanol–water partition coefficient (Wildman–Crippen LogP) is 4.46. The maximum atomic E-state index is 11.6. The quantitative estimate of drug-likeness (QED) is 0.187. The molecule has 7 nitrogen and oxygen atoms in total. The molecule has 0 aromatic heterocycles. The van der Waals surface area contributed by atoms with E-state index < -0.39 is 0 Å². The van der Waals surface area contributed by atoms with Crippen molar-refractivity contribution in [3.05, 3.63) is 34.9 Å². The van der Waals surface area contributed by atoms with Gasteiger partial charge in [-0.2, -0.15) is 0 Å². The zero-order valence-corrected chi connectivity index (χ0v) is 24.4. The number of benzene rings is 1. The molecule has 1 aliphatic rings. The number of amides is 1. The smallest absolute Gasteiger partial charge is 0.206 e. The minimum atomic E-state index is -0.139. The van der Waals surface area contributed by atoms with Crippen molar-refractivity contribution in [2.24, 2.45) is 5.73 Å². The molecule has 214 valence electrons. The highest BCUT2D eigenvalue weighted by Crippen LogP contribution is 2.18. The van der Waals surface area contributed by atoms with Gasteiger partial charge in [-0.15, -0.1) is 0 Å². The Morgan fingerprint density at radius 3 is 2.37 bits per heavy atom. The molecule has 7 heteroatoms. The SMILES string of the molecule is CC.CCCC(C=O)N(C)Cc1c(C#CCCCCCNC2CCC(N)CC2)cccc1C=O.CNC=O. The number of nitrogens with zero attached hydrogens (tertiary/aromatic N) is 1. The third-order valence-corrected chi connectivity index (χ3v) is 6.58. The molecule has 1 amide bonds. The van der Waals surface area contributed by atoms with Gasteiger partial charge < -0.3 is 21.2 Å². The first-order chi connectivity index (χ1) is 18.5. The topological polar surface area (TPSA) is 105 Å². The molecule has 0 spiro atoms. The maximum absolute atomic E-state index is 11.6. The van der Waals surface area contributed by atoms with Gasteiger partial charge in [0, 0.05) is 43.2 Å². The molecule has 1 unspecified atom stereocenters. The van der Waals surface area contributed by atoms with Gasteiger partial charge in [-0.3, -0.25) is 14.5 Å². The second-order valence-electron chi connectivity index (χ2n) is 9.48. The van der Waals surface area contributed by atoms with Crippen LogP contribution in [0, 0.1) is 11.8 Å². The summed E-state index contributed by atoms with van der Waals surface area (Å²) in [5.41, 5.74) is 8.42. The summed E-state index contributed by atoms with van der Waals surface area (Å²) in [4.78, 5) is 34.1. The largest absolute Gasteiger partial charge is 0.362 e. The summed E-state index contributed by atoms with van der Waals surface area (Å²) in [6.07, 6.45) is 13.2. The molecule has 4 N–H and O–H groups in total. The van der Waals surface area contributed by atoms with Gasteiger partial charge in [-0.05, 0) is 70.2 Å². The number of nitrogens with one attached hydrogen (secondary N) is 2. The molecule has 1 atom stereocenters. The van der Waals surface area contributed by atoms with Crippen molar-refractivity contribution in [3.63, 3.8) is 0 Å². The lowest BCUT2D eigenvalue weighted by Gasteiger charge is -2.26. The van der Waals surface area contributed by atoms with Gasteiger partial charge in [0.05, 0.1) is 6.04 Å². The zero-order chi connectivity index (χ0) is 28.6. The van der Waals surface area contributed by atoms with E-state index in [0.29, 0.717) is 30.6 Å². The van der Waals surface area contributed by atoms with E-state index in [1.807, 2.05) is 44.0 Å². The molecule has 0 aliphatic heterocycles. The Bertz CT molecular complexity index is 826. The minimum absolute atomic E-state index is 0.139. The van der Waals surface area contributed by atoms with Crippen LogP contribution in [0.5, 0.6) is 0 Å². The zero-order valence-electron chi connectivity index (χ0n) is 24.4. The van der Waals surface area contributed by atoms with E-state index in [9.17, 15) is 9.59 Å². The summed E-state index contributed by atoms with van der Waals surface area (Å²) in [6.45, 7) is 7.68. The second kappa shape index (κ2) is 23.6. The Morgan fingerprint density at radius 2 is 1.79 bits per heavy atom. The van der Waals surface area contributed by atoms with Gasteiger partial charge in [0.15, 0.2) is 0 Å². The molecule has 1 aromatic carbocycles. The Morgan fingerprint density at radius 1 is 1.11 bits per heavy atom. The summed E-state index contributed by atoms with van der Waals surface area (Å²) in [5, 5.41) is 5.92. The normalized spacial score (nSPS) is 16.9. The van der Waals surface area contributed by atoms with Crippen LogP contribution in [0.1, 0.15) is 106 Å². The van der Waals surface area contributed by atoms with Crippen LogP contribution < -0.4 is 16.4 Å². The summed E-state index contributed by atoms with van der Waals surface area (Å²) in [5.74, 6) is 6.57. The highest BCUT2D eigenvalue weighted by atomic mass is 16.1. The van der Waals surface area contributed by atoms with Gasteiger partial charge in [0.1, 0.15) is 12.6 Å². The van der Waals surface area contributed by atoms with Crippen LogP contribution in [0.2, 0.25) is 0 Å². The number of unbranched alkanes of at least 4 members (excludes halogenated alkanes) is 3. The molecule has 0 heterocycles. The van der Waals surface area contributed by atoms with Gasteiger partial charge in [0.2, 0.25) is 6.41 Å². The van der Waals surface area contributed by atoms with E-state index in [2.05, 4.69) is 29.4 Å². The summed E-state index contributed by atoms with van der Waals surface area (Å²) in [7, 11) is 3.50. The molecular formula is C31H52N4O3. The summed E-state index contributed by atoms with van der Waals surface area (Å²) >= 11 is 0. The van der Waals surface area contributed by atoms with Crippen LogP contribution in [0.25, 0.3) is 0 Å². The lowest BCUT2D eigenvalue weighted by molar-refractivity contribution is -0.112. The van der Waals surface area contributed by atoms with Gasteiger partial charge in [-0.1, -0.05) is 57.6 Å². The van der Waals surface area contributed by atoms with E-state index in [1.165, 1.54) is 19.3 Å². The monoisotopic (exact) mass is 528 g/mol. The van der Waals surface area contributed by atoms with Crippen molar-refractivity contribution < 1.29 is 14.4 Å². The molecule has 1 fully saturated rings. The van der Waals surface area contributed by atoms with E-state index in [-0.39, 0.29) is 6.04 Å². The van der Waals surface area contributed by atoms with Crippen molar-refractivity contribution in [2.45, 2.75) is 110 Å².